The molecule has 0 aliphatic rings. The van der Waals surface area contributed by atoms with Gasteiger partial charge in [0.05, 0.1) is 0 Å². The van der Waals surface area contributed by atoms with Gasteiger partial charge < -0.3 is 0 Å². The molecule has 0 saturated carbocycles. The predicted molar refractivity (Wildman–Crippen MR) is 46.2 cm³/mol. The van der Waals surface area contributed by atoms with Crippen molar-refractivity contribution >= 4 is 29.5 Å². The Morgan fingerprint density at radius 3 is 2.67 bits per heavy atom. The molecule has 0 aromatic rings. The number of carbonyl (C=O) groups is 1. The minimum Gasteiger partial charge on any atom is -0.288 e. The summed E-state index contributed by atoms with van der Waals surface area (Å²) in [7, 11) is 0. The van der Waals surface area contributed by atoms with E-state index in [9.17, 15) is 4.79 Å². The van der Waals surface area contributed by atoms with Gasteiger partial charge in [0.2, 0.25) is 0 Å². The summed E-state index contributed by atoms with van der Waals surface area (Å²) in [5, 5.41) is 0.217. The molecule has 3 heteroatoms. The summed E-state index contributed by atoms with van der Waals surface area (Å²) < 4.78 is 0. The summed E-state index contributed by atoms with van der Waals surface area (Å²) in [6.07, 6.45) is 2.22. The standard InChI is InChI=1S/C6H12OS2/c1-6(7)9-5-3-2-4-8/h8H,2-5H2,1H3. The third kappa shape index (κ3) is 8.37. The van der Waals surface area contributed by atoms with Gasteiger partial charge in [0.25, 0.3) is 0 Å². The molecule has 0 saturated heterocycles. The molecule has 0 bridgehead atoms. The zero-order valence-corrected chi connectivity index (χ0v) is 7.30. The van der Waals surface area contributed by atoms with E-state index in [0.717, 1.165) is 24.3 Å². The molecule has 0 aliphatic heterocycles. The van der Waals surface area contributed by atoms with E-state index in [1.54, 1.807) is 6.92 Å². The van der Waals surface area contributed by atoms with Crippen molar-refractivity contribution in [3.63, 3.8) is 0 Å². The molecule has 9 heavy (non-hydrogen) atoms. The van der Waals surface area contributed by atoms with Crippen molar-refractivity contribution in [3.8, 4) is 0 Å². The van der Waals surface area contributed by atoms with Gasteiger partial charge in [0, 0.05) is 12.7 Å². The lowest BCUT2D eigenvalue weighted by Gasteiger charge is -1.93. The highest BCUT2D eigenvalue weighted by Gasteiger charge is 1.91. The van der Waals surface area contributed by atoms with E-state index in [0.29, 0.717) is 0 Å². The second-order valence-electron chi connectivity index (χ2n) is 1.77. The third-order valence-electron chi connectivity index (χ3n) is 0.858. The first kappa shape index (κ1) is 9.37. The normalized spacial score (nSPS) is 9.56. The number of hydrogen-bond donors (Lipinski definition) is 1. The molecular formula is C6H12OS2. The Kier molecular flexibility index (Phi) is 6.76. The minimum absolute atomic E-state index is 0.217. The van der Waals surface area contributed by atoms with E-state index >= 15 is 0 Å². The van der Waals surface area contributed by atoms with Gasteiger partial charge in [-0.25, -0.2) is 0 Å². The monoisotopic (exact) mass is 164 g/mol. The Balaban J connectivity index is 2.83. The van der Waals surface area contributed by atoms with Gasteiger partial charge in [-0.2, -0.15) is 12.6 Å². The van der Waals surface area contributed by atoms with Gasteiger partial charge in [-0.3, -0.25) is 4.79 Å². The van der Waals surface area contributed by atoms with Crippen molar-refractivity contribution in [2.24, 2.45) is 0 Å². The van der Waals surface area contributed by atoms with Crippen LogP contribution in [-0.4, -0.2) is 16.6 Å². The number of hydrogen-bond acceptors (Lipinski definition) is 3. The fourth-order valence-corrected chi connectivity index (χ4v) is 1.29. The van der Waals surface area contributed by atoms with Crippen molar-refractivity contribution in [1.29, 1.82) is 0 Å². The average molecular weight is 164 g/mol. The first-order chi connectivity index (χ1) is 4.27. The third-order valence-corrected chi connectivity index (χ3v) is 2.07. The largest absolute Gasteiger partial charge is 0.288 e. The summed E-state index contributed by atoms with van der Waals surface area (Å²) in [5.74, 6) is 1.88. The summed E-state index contributed by atoms with van der Waals surface area (Å²) in [4.78, 5) is 10.4. The van der Waals surface area contributed by atoms with Crippen LogP contribution in [0.3, 0.4) is 0 Å². The lowest BCUT2D eigenvalue weighted by molar-refractivity contribution is -0.109. The molecule has 0 N–H and O–H groups in total. The van der Waals surface area contributed by atoms with E-state index in [1.807, 2.05) is 0 Å². The topological polar surface area (TPSA) is 17.1 Å². The Morgan fingerprint density at radius 1 is 1.56 bits per heavy atom. The van der Waals surface area contributed by atoms with Crippen LogP contribution in [0.1, 0.15) is 19.8 Å². The number of unbranched alkanes of at least 4 members (excludes halogenated alkanes) is 1. The molecule has 0 atom stereocenters. The van der Waals surface area contributed by atoms with Crippen molar-refractivity contribution in [2.75, 3.05) is 11.5 Å². The number of thiol groups is 1. The molecule has 0 spiro atoms. The fraction of sp³-hybridized carbons (Fsp3) is 0.833. The summed E-state index contributed by atoms with van der Waals surface area (Å²) in [6, 6.07) is 0. The van der Waals surface area contributed by atoms with Crippen molar-refractivity contribution in [2.45, 2.75) is 19.8 Å². The van der Waals surface area contributed by atoms with Crippen LogP contribution in [0.25, 0.3) is 0 Å². The summed E-state index contributed by atoms with van der Waals surface area (Å²) >= 11 is 5.45. The Labute approximate surface area is 66.0 Å². The maximum atomic E-state index is 10.4. The lowest BCUT2D eigenvalue weighted by atomic mass is 10.4. The molecule has 0 heterocycles. The molecule has 1 nitrogen and oxygen atoms in total. The van der Waals surface area contributed by atoms with Crippen molar-refractivity contribution < 1.29 is 4.79 Å². The van der Waals surface area contributed by atoms with Gasteiger partial charge in [-0.05, 0) is 18.6 Å². The van der Waals surface area contributed by atoms with Crippen LogP contribution < -0.4 is 0 Å². The Hall–Kier alpha value is 0.370. The summed E-state index contributed by atoms with van der Waals surface area (Å²) in [5.41, 5.74) is 0. The molecule has 0 fully saturated rings. The zero-order chi connectivity index (χ0) is 7.11. The highest BCUT2D eigenvalue weighted by molar-refractivity contribution is 8.13. The van der Waals surface area contributed by atoms with Crippen LogP contribution in [-0.2, 0) is 4.79 Å². The van der Waals surface area contributed by atoms with Crippen LogP contribution >= 0.6 is 24.4 Å². The highest BCUT2D eigenvalue weighted by atomic mass is 32.2. The van der Waals surface area contributed by atoms with Crippen molar-refractivity contribution in [3.05, 3.63) is 0 Å². The molecule has 0 aromatic heterocycles. The molecule has 0 unspecified atom stereocenters. The number of thioether (sulfide) groups is 1. The lowest BCUT2D eigenvalue weighted by Crippen LogP contribution is -1.86. The second-order valence-corrected chi connectivity index (χ2v) is 3.49. The molecular weight excluding hydrogens is 152 g/mol. The second kappa shape index (κ2) is 6.49. The maximum absolute atomic E-state index is 10.4. The van der Waals surface area contributed by atoms with Crippen LogP contribution in [0, 0.1) is 0 Å². The first-order valence-electron chi connectivity index (χ1n) is 3.01. The smallest absolute Gasteiger partial charge is 0.185 e. The number of carbonyl (C=O) groups excluding carboxylic acids is 1. The van der Waals surface area contributed by atoms with Gasteiger partial charge in [0.1, 0.15) is 0 Å². The quantitative estimate of drug-likeness (QED) is 0.505. The molecule has 0 amide bonds. The van der Waals surface area contributed by atoms with E-state index < -0.39 is 0 Å². The van der Waals surface area contributed by atoms with Gasteiger partial charge in [-0.15, -0.1) is 0 Å². The molecule has 0 radical (unpaired) electrons. The predicted octanol–water partition coefficient (Wildman–Crippen LogP) is 1.98. The van der Waals surface area contributed by atoms with Crippen LogP contribution in [0.2, 0.25) is 0 Å². The molecule has 0 rings (SSSR count). The van der Waals surface area contributed by atoms with E-state index in [4.69, 9.17) is 0 Å². The fourth-order valence-electron chi connectivity index (χ4n) is 0.430. The highest BCUT2D eigenvalue weighted by Crippen LogP contribution is 2.05. The average Bonchev–Trinajstić information content (AvgIpc) is 1.80. The molecule has 0 aromatic carbocycles. The van der Waals surface area contributed by atoms with Crippen molar-refractivity contribution in [1.82, 2.24) is 0 Å². The SMILES string of the molecule is CC(=O)SCCCCS. The Bertz CT molecular complexity index is 83.1. The van der Waals surface area contributed by atoms with Gasteiger partial charge in [0.15, 0.2) is 5.12 Å². The minimum atomic E-state index is 0.217. The van der Waals surface area contributed by atoms with Crippen LogP contribution in [0.4, 0.5) is 0 Å². The van der Waals surface area contributed by atoms with Gasteiger partial charge >= 0.3 is 0 Å². The first-order valence-corrected chi connectivity index (χ1v) is 4.63. The zero-order valence-electron chi connectivity index (χ0n) is 5.59. The van der Waals surface area contributed by atoms with Gasteiger partial charge in [-0.1, -0.05) is 11.8 Å². The van der Waals surface area contributed by atoms with Crippen LogP contribution in [0.15, 0.2) is 0 Å². The number of rotatable bonds is 4. The van der Waals surface area contributed by atoms with E-state index in [1.165, 1.54) is 11.8 Å². The summed E-state index contributed by atoms with van der Waals surface area (Å²) in [6.45, 7) is 1.60. The van der Waals surface area contributed by atoms with Crippen LogP contribution in [0.5, 0.6) is 0 Å². The maximum Gasteiger partial charge on any atom is 0.185 e. The Morgan fingerprint density at radius 2 is 2.22 bits per heavy atom. The molecule has 0 aliphatic carbocycles. The molecule has 54 valence electrons. The van der Waals surface area contributed by atoms with E-state index in [-0.39, 0.29) is 5.12 Å². The van der Waals surface area contributed by atoms with E-state index in [2.05, 4.69) is 12.6 Å².